The minimum Gasteiger partial charge on any atom is -0.459 e. The summed E-state index contributed by atoms with van der Waals surface area (Å²) >= 11 is 1.44. The highest BCUT2D eigenvalue weighted by Gasteiger charge is 2.30. The highest BCUT2D eigenvalue weighted by molar-refractivity contribution is 7.13. The third-order valence-corrected chi connectivity index (χ3v) is 6.33. The van der Waals surface area contributed by atoms with Gasteiger partial charge in [0.2, 0.25) is 0 Å². The fourth-order valence-corrected chi connectivity index (χ4v) is 4.71. The van der Waals surface area contributed by atoms with Crippen LogP contribution in [0.4, 0.5) is 0 Å². The second-order valence-electron chi connectivity index (χ2n) is 7.32. The number of carbonyl (C=O) groups is 1. The zero-order valence-corrected chi connectivity index (χ0v) is 16.5. The molecule has 0 unspecified atom stereocenters. The summed E-state index contributed by atoms with van der Waals surface area (Å²) in [5.41, 5.74) is 0.499. The van der Waals surface area contributed by atoms with Gasteiger partial charge >= 0.3 is 0 Å². The van der Waals surface area contributed by atoms with Gasteiger partial charge in [0.05, 0.1) is 6.54 Å². The maximum atomic E-state index is 12.9. The third-order valence-electron chi connectivity index (χ3n) is 5.47. The largest absolute Gasteiger partial charge is 0.459 e. The predicted octanol–water partition coefficient (Wildman–Crippen LogP) is 2.43. The molecule has 2 aliphatic rings. The number of thiazole rings is 1. The summed E-state index contributed by atoms with van der Waals surface area (Å²) in [6.45, 7) is 6.00. The molecule has 5 heterocycles. The van der Waals surface area contributed by atoms with Gasteiger partial charge in [-0.2, -0.15) is 0 Å². The van der Waals surface area contributed by atoms with Crippen molar-refractivity contribution in [2.45, 2.75) is 38.8 Å². The third kappa shape index (κ3) is 3.14. The summed E-state index contributed by atoms with van der Waals surface area (Å²) in [5, 5.41) is 14.6. The van der Waals surface area contributed by atoms with Gasteiger partial charge in [-0.3, -0.25) is 4.79 Å². The Hall–Kier alpha value is -2.52. The lowest BCUT2D eigenvalue weighted by Crippen LogP contribution is -2.39. The smallest absolute Gasteiger partial charge is 0.273 e. The van der Waals surface area contributed by atoms with Crippen LogP contribution in [0.5, 0.6) is 0 Å². The predicted molar refractivity (Wildman–Crippen MR) is 104 cm³/mol. The summed E-state index contributed by atoms with van der Waals surface area (Å²) < 4.78 is 7.86. The van der Waals surface area contributed by atoms with Crippen LogP contribution < -0.4 is 5.32 Å². The Balaban J connectivity index is 1.25. The van der Waals surface area contributed by atoms with Crippen molar-refractivity contribution in [3.63, 3.8) is 0 Å². The number of amides is 1. The molecule has 146 valence electrons. The Morgan fingerprint density at radius 3 is 2.89 bits per heavy atom. The van der Waals surface area contributed by atoms with E-state index in [1.54, 1.807) is 0 Å². The molecule has 0 saturated carbocycles. The first-order valence-corrected chi connectivity index (χ1v) is 10.5. The summed E-state index contributed by atoms with van der Waals surface area (Å²) in [5.74, 6) is 4.01. The summed E-state index contributed by atoms with van der Waals surface area (Å²) in [6.07, 6.45) is 1.82. The van der Waals surface area contributed by atoms with Crippen LogP contribution in [0, 0.1) is 6.92 Å². The molecule has 3 aromatic rings. The molecule has 0 aliphatic carbocycles. The van der Waals surface area contributed by atoms with E-state index in [-0.39, 0.29) is 5.91 Å². The first kappa shape index (κ1) is 17.6. The molecule has 0 atom stereocenters. The monoisotopic (exact) mass is 398 g/mol. The van der Waals surface area contributed by atoms with E-state index in [0.717, 1.165) is 68.0 Å². The van der Waals surface area contributed by atoms with E-state index >= 15 is 0 Å². The van der Waals surface area contributed by atoms with E-state index in [1.165, 1.54) is 11.3 Å². The zero-order valence-electron chi connectivity index (χ0n) is 15.7. The molecule has 28 heavy (non-hydrogen) atoms. The van der Waals surface area contributed by atoms with E-state index < -0.39 is 0 Å². The number of aryl methyl sites for hydroxylation is 1. The SMILES string of the molecule is Cc1ccc(-c2nc(C(=O)N3CCC(c4nnc5n4CCNC5)CC3)cs2)o1. The number of hydrogen-bond acceptors (Lipinski definition) is 7. The van der Waals surface area contributed by atoms with Crippen molar-refractivity contribution in [3.05, 3.63) is 40.6 Å². The Morgan fingerprint density at radius 2 is 2.11 bits per heavy atom. The van der Waals surface area contributed by atoms with Gasteiger partial charge in [-0.1, -0.05) is 0 Å². The van der Waals surface area contributed by atoms with Crippen molar-refractivity contribution in [1.29, 1.82) is 0 Å². The van der Waals surface area contributed by atoms with Crippen LogP contribution >= 0.6 is 11.3 Å². The number of carbonyl (C=O) groups excluding carboxylic acids is 1. The fourth-order valence-electron chi connectivity index (χ4n) is 3.95. The van der Waals surface area contributed by atoms with Crippen LogP contribution in [0.3, 0.4) is 0 Å². The van der Waals surface area contributed by atoms with E-state index in [2.05, 4.69) is 25.1 Å². The highest BCUT2D eigenvalue weighted by Crippen LogP contribution is 2.30. The van der Waals surface area contributed by atoms with Gasteiger partial charge in [-0.15, -0.1) is 21.5 Å². The van der Waals surface area contributed by atoms with Crippen LogP contribution in [0.1, 0.15) is 46.7 Å². The van der Waals surface area contributed by atoms with Crippen LogP contribution in [0.25, 0.3) is 10.8 Å². The average molecular weight is 398 g/mol. The lowest BCUT2D eigenvalue weighted by molar-refractivity contribution is 0.0705. The normalized spacial score (nSPS) is 17.7. The summed E-state index contributed by atoms with van der Waals surface area (Å²) in [7, 11) is 0. The lowest BCUT2D eigenvalue weighted by Gasteiger charge is -2.31. The zero-order chi connectivity index (χ0) is 19.1. The molecule has 1 saturated heterocycles. The maximum Gasteiger partial charge on any atom is 0.273 e. The number of aromatic nitrogens is 4. The molecular formula is C19H22N6O2S. The van der Waals surface area contributed by atoms with Gasteiger partial charge in [0.1, 0.15) is 23.1 Å². The number of hydrogen-bond donors (Lipinski definition) is 1. The number of nitrogens with one attached hydrogen (secondary N) is 1. The molecule has 0 spiro atoms. The van der Waals surface area contributed by atoms with Gasteiger partial charge in [0.15, 0.2) is 10.8 Å². The van der Waals surface area contributed by atoms with E-state index in [0.29, 0.717) is 17.4 Å². The van der Waals surface area contributed by atoms with Gasteiger partial charge in [0.25, 0.3) is 5.91 Å². The molecule has 1 N–H and O–H groups in total. The molecule has 1 amide bonds. The molecule has 0 radical (unpaired) electrons. The van der Waals surface area contributed by atoms with Gasteiger partial charge < -0.3 is 19.2 Å². The number of likely N-dealkylation sites (tertiary alicyclic amines) is 1. The fraction of sp³-hybridized carbons (Fsp3) is 0.474. The molecule has 5 rings (SSSR count). The Bertz CT molecular complexity index is 998. The number of piperidine rings is 1. The number of furan rings is 1. The topological polar surface area (TPSA) is 89.1 Å². The van der Waals surface area contributed by atoms with Crippen molar-refractivity contribution in [3.8, 4) is 10.8 Å². The highest BCUT2D eigenvalue weighted by atomic mass is 32.1. The second kappa shape index (κ2) is 7.14. The molecule has 3 aromatic heterocycles. The van der Waals surface area contributed by atoms with Crippen LogP contribution in [-0.4, -0.2) is 50.2 Å². The minimum absolute atomic E-state index is 0.00306. The summed E-state index contributed by atoms with van der Waals surface area (Å²) in [6, 6.07) is 3.80. The van der Waals surface area contributed by atoms with E-state index in [9.17, 15) is 4.79 Å². The van der Waals surface area contributed by atoms with E-state index in [4.69, 9.17) is 4.42 Å². The van der Waals surface area contributed by atoms with Crippen molar-refractivity contribution in [2.24, 2.45) is 0 Å². The van der Waals surface area contributed by atoms with Crippen LogP contribution in [0.15, 0.2) is 21.9 Å². The Kier molecular flexibility index (Phi) is 4.48. The van der Waals surface area contributed by atoms with Crippen molar-refractivity contribution in [1.82, 2.24) is 30.0 Å². The van der Waals surface area contributed by atoms with Crippen LogP contribution in [0.2, 0.25) is 0 Å². The standard InChI is InChI=1S/C19H22N6O2S/c1-12-2-3-15(27-12)18-21-14(11-28-18)19(26)24-7-4-13(5-8-24)17-23-22-16-10-20-6-9-25(16)17/h2-3,11,13,20H,4-10H2,1H3. The first-order chi connectivity index (χ1) is 13.7. The van der Waals surface area contributed by atoms with E-state index in [1.807, 2.05) is 29.3 Å². The van der Waals surface area contributed by atoms with Gasteiger partial charge in [-0.25, -0.2) is 4.98 Å². The molecule has 0 bridgehead atoms. The van der Waals surface area contributed by atoms with Gasteiger partial charge in [-0.05, 0) is 31.9 Å². The average Bonchev–Trinajstić information content (AvgIpc) is 3.46. The van der Waals surface area contributed by atoms with Crippen molar-refractivity contribution >= 4 is 17.2 Å². The second-order valence-corrected chi connectivity index (χ2v) is 8.18. The van der Waals surface area contributed by atoms with Crippen LogP contribution in [-0.2, 0) is 13.1 Å². The molecule has 2 aliphatic heterocycles. The maximum absolute atomic E-state index is 12.9. The molecule has 0 aromatic carbocycles. The molecule has 1 fully saturated rings. The summed E-state index contributed by atoms with van der Waals surface area (Å²) in [4.78, 5) is 19.3. The number of rotatable bonds is 3. The quantitative estimate of drug-likeness (QED) is 0.729. The molecular weight excluding hydrogens is 376 g/mol. The van der Waals surface area contributed by atoms with Crippen molar-refractivity contribution < 1.29 is 9.21 Å². The first-order valence-electron chi connectivity index (χ1n) is 9.63. The van der Waals surface area contributed by atoms with Gasteiger partial charge in [0, 0.05) is 37.5 Å². The Morgan fingerprint density at radius 1 is 1.25 bits per heavy atom. The van der Waals surface area contributed by atoms with Crippen molar-refractivity contribution in [2.75, 3.05) is 19.6 Å². The number of nitrogens with zero attached hydrogens (tertiary/aromatic N) is 5. The lowest BCUT2D eigenvalue weighted by atomic mass is 9.95. The molecule has 8 nitrogen and oxygen atoms in total. The minimum atomic E-state index is -0.00306. The molecule has 9 heteroatoms. The Labute approximate surface area is 166 Å². The number of fused-ring (bicyclic) bond motifs is 1.